The van der Waals surface area contributed by atoms with Gasteiger partial charge in [0.1, 0.15) is 23.2 Å². The van der Waals surface area contributed by atoms with E-state index >= 15 is 0 Å². The van der Waals surface area contributed by atoms with Crippen molar-refractivity contribution in [1.82, 2.24) is 0 Å². The van der Waals surface area contributed by atoms with Crippen molar-refractivity contribution >= 4 is 33.1 Å². The van der Waals surface area contributed by atoms with Crippen molar-refractivity contribution < 1.29 is 24.0 Å². The van der Waals surface area contributed by atoms with Gasteiger partial charge in [-0.05, 0) is 43.3 Å². The Labute approximate surface area is 160 Å². The molecule has 0 heterocycles. The standard InChI is InChI=1S/C20H20P.HI.H3P/c1-2-21(18-12-6-3-7-13-18,19-14-8-4-9-15-19)20-16-10-5-11-17-20;;/h3-17H,2H2,1H3;1H;1H3/q+1;;/p-1. The van der Waals surface area contributed by atoms with Crippen LogP contribution in [-0.2, 0) is 0 Å². The molecule has 23 heavy (non-hydrogen) atoms. The van der Waals surface area contributed by atoms with Crippen LogP contribution in [0.4, 0.5) is 0 Å². The van der Waals surface area contributed by atoms with Gasteiger partial charge in [0.05, 0.1) is 6.16 Å². The summed E-state index contributed by atoms with van der Waals surface area (Å²) >= 11 is 0. The predicted molar refractivity (Wildman–Crippen MR) is 107 cm³/mol. The minimum absolute atomic E-state index is 0. The van der Waals surface area contributed by atoms with E-state index < -0.39 is 7.26 Å². The Morgan fingerprint density at radius 1 is 0.565 bits per heavy atom. The first-order chi connectivity index (χ1) is 10.4. The van der Waals surface area contributed by atoms with Gasteiger partial charge in [0.15, 0.2) is 0 Å². The first-order valence-corrected chi connectivity index (χ1v) is 9.40. The lowest BCUT2D eigenvalue weighted by Gasteiger charge is -2.26. The van der Waals surface area contributed by atoms with Crippen molar-refractivity contribution in [2.45, 2.75) is 6.92 Å². The summed E-state index contributed by atoms with van der Waals surface area (Å²) in [5, 5.41) is 4.39. The summed E-state index contributed by atoms with van der Waals surface area (Å²) in [7, 11) is -1.53. The molecule has 0 radical (unpaired) electrons. The summed E-state index contributed by atoms with van der Waals surface area (Å²) in [5.74, 6) is 0. The van der Waals surface area contributed by atoms with E-state index in [0.29, 0.717) is 0 Å². The van der Waals surface area contributed by atoms with Crippen LogP contribution in [0, 0.1) is 0 Å². The van der Waals surface area contributed by atoms with E-state index in [1.807, 2.05) is 0 Å². The molecule has 1 unspecified atom stereocenters. The van der Waals surface area contributed by atoms with Crippen molar-refractivity contribution in [1.29, 1.82) is 0 Å². The number of hydrogen-bond donors (Lipinski definition) is 0. The monoisotopic (exact) mass is 452 g/mol. The average Bonchev–Trinajstić information content (AvgIpc) is 2.59. The van der Waals surface area contributed by atoms with E-state index in [1.54, 1.807) is 0 Å². The van der Waals surface area contributed by atoms with Gasteiger partial charge in [-0.2, -0.15) is 9.90 Å². The Balaban J connectivity index is 0.00000132. The lowest BCUT2D eigenvalue weighted by Crippen LogP contribution is -3.00. The fourth-order valence-corrected chi connectivity index (χ4v) is 7.08. The van der Waals surface area contributed by atoms with Crippen molar-refractivity contribution in [3.05, 3.63) is 91.0 Å². The molecule has 3 rings (SSSR count). The quantitative estimate of drug-likeness (QED) is 0.411. The first kappa shape index (κ1) is 20.3. The van der Waals surface area contributed by atoms with Gasteiger partial charge < -0.3 is 24.0 Å². The van der Waals surface area contributed by atoms with Gasteiger partial charge in [0.2, 0.25) is 0 Å². The first-order valence-electron chi connectivity index (χ1n) is 7.43. The molecule has 0 nitrogen and oxygen atoms in total. The second kappa shape index (κ2) is 9.52. The van der Waals surface area contributed by atoms with Crippen LogP contribution in [-0.4, -0.2) is 6.16 Å². The van der Waals surface area contributed by atoms with Crippen LogP contribution in [0.3, 0.4) is 0 Å². The molecule has 3 aromatic rings. The summed E-state index contributed by atoms with van der Waals surface area (Å²) in [6.07, 6.45) is 1.14. The van der Waals surface area contributed by atoms with Crippen LogP contribution >= 0.6 is 17.2 Å². The van der Waals surface area contributed by atoms with E-state index in [0.717, 1.165) is 6.16 Å². The van der Waals surface area contributed by atoms with Crippen LogP contribution in [0.15, 0.2) is 91.0 Å². The van der Waals surface area contributed by atoms with Gasteiger partial charge in [-0.15, -0.1) is 0 Å². The van der Waals surface area contributed by atoms with Crippen molar-refractivity contribution in [2.24, 2.45) is 0 Å². The maximum Gasteiger partial charge on any atom is 0.111 e. The van der Waals surface area contributed by atoms with Crippen LogP contribution in [0.5, 0.6) is 0 Å². The molecule has 3 heteroatoms. The zero-order chi connectivity index (χ0) is 14.5. The number of rotatable bonds is 4. The van der Waals surface area contributed by atoms with E-state index in [-0.39, 0.29) is 33.9 Å². The van der Waals surface area contributed by atoms with E-state index in [4.69, 9.17) is 0 Å². The maximum absolute atomic E-state index is 2.32. The summed E-state index contributed by atoms with van der Waals surface area (Å²) < 4.78 is 0. The maximum atomic E-state index is 2.32. The smallest absolute Gasteiger partial charge is 0.111 e. The normalized spacial score (nSPS) is 10.3. The van der Waals surface area contributed by atoms with Gasteiger partial charge in [0.25, 0.3) is 0 Å². The molecule has 0 aliphatic heterocycles. The number of halogens is 1. The van der Waals surface area contributed by atoms with Gasteiger partial charge in [0, 0.05) is 0 Å². The van der Waals surface area contributed by atoms with Crippen LogP contribution in [0.2, 0.25) is 0 Å². The molecule has 0 saturated heterocycles. The molecule has 0 aliphatic rings. The number of benzene rings is 3. The van der Waals surface area contributed by atoms with E-state index in [2.05, 4.69) is 97.9 Å². The SMILES string of the molecule is CC[P+](c1ccccc1)(c1ccccc1)c1ccccc1.P.[I-]. The molecule has 0 saturated carbocycles. The van der Waals surface area contributed by atoms with Crippen molar-refractivity contribution in [3.63, 3.8) is 0 Å². The van der Waals surface area contributed by atoms with Gasteiger partial charge in [-0.1, -0.05) is 54.6 Å². The second-order valence-electron chi connectivity index (χ2n) is 5.13. The average molecular weight is 452 g/mol. The topological polar surface area (TPSA) is 0 Å². The molecule has 0 N–H and O–H groups in total. The summed E-state index contributed by atoms with van der Waals surface area (Å²) in [4.78, 5) is 0. The lowest BCUT2D eigenvalue weighted by atomic mass is 10.4. The van der Waals surface area contributed by atoms with E-state index in [9.17, 15) is 0 Å². The third-order valence-corrected chi connectivity index (χ3v) is 8.55. The van der Waals surface area contributed by atoms with E-state index in [1.165, 1.54) is 15.9 Å². The fraction of sp³-hybridized carbons (Fsp3) is 0.100. The second-order valence-corrected chi connectivity index (χ2v) is 8.93. The minimum Gasteiger partial charge on any atom is -1.00 e. The molecule has 0 spiro atoms. The molecule has 0 bridgehead atoms. The molecule has 1 atom stereocenters. The molecule has 0 amide bonds. The number of hydrogen-bond acceptors (Lipinski definition) is 0. The predicted octanol–water partition coefficient (Wildman–Crippen LogP) is 1.06. The molecule has 120 valence electrons. The van der Waals surface area contributed by atoms with Gasteiger partial charge in [-0.25, -0.2) is 0 Å². The van der Waals surface area contributed by atoms with Crippen molar-refractivity contribution in [3.8, 4) is 0 Å². The Kier molecular flexibility index (Phi) is 8.40. The highest BCUT2D eigenvalue weighted by atomic mass is 127. The Morgan fingerprint density at radius 3 is 1.04 bits per heavy atom. The van der Waals surface area contributed by atoms with Gasteiger partial charge in [-0.3, -0.25) is 0 Å². The van der Waals surface area contributed by atoms with Crippen molar-refractivity contribution in [2.75, 3.05) is 6.16 Å². The zero-order valence-electron chi connectivity index (χ0n) is 13.4. The molecule has 0 aliphatic carbocycles. The molecular weight excluding hydrogens is 429 g/mol. The van der Waals surface area contributed by atoms with Crippen LogP contribution in [0.1, 0.15) is 6.92 Å². The van der Waals surface area contributed by atoms with Crippen LogP contribution in [0.25, 0.3) is 0 Å². The minimum atomic E-state index is -1.53. The summed E-state index contributed by atoms with van der Waals surface area (Å²) in [6.45, 7) is 2.32. The molecule has 3 aromatic carbocycles. The third-order valence-electron chi connectivity index (χ3n) is 4.07. The molecular formula is C20H23IP2. The molecule has 0 aromatic heterocycles. The highest BCUT2D eigenvalue weighted by Gasteiger charge is 2.43. The largest absolute Gasteiger partial charge is 1.00 e. The van der Waals surface area contributed by atoms with Crippen LogP contribution < -0.4 is 39.9 Å². The summed E-state index contributed by atoms with van der Waals surface area (Å²) in [5.41, 5.74) is 0. The summed E-state index contributed by atoms with van der Waals surface area (Å²) in [6, 6.07) is 33.0. The molecule has 0 fully saturated rings. The highest BCUT2D eigenvalue weighted by molar-refractivity contribution is 7.95. The Morgan fingerprint density at radius 2 is 0.826 bits per heavy atom. The Hall–Kier alpha value is -0.750. The third kappa shape index (κ3) is 4.02. The lowest BCUT2D eigenvalue weighted by molar-refractivity contribution is -0.00000424. The van der Waals surface area contributed by atoms with Gasteiger partial charge >= 0.3 is 0 Å². The fourth-order valence-electron chi connectivity index (χ4n) is 3.04. The zero-order valence-corrected chi connectivity index (χ0v) is 17.9. The highest BCUT2D eigenvalue weighted by Crippen LogP contribution is 2.54. The Bertz CT molecular complexity index is 588.